The molecule has 0 amide bonds. The second kappa shape index (κ2) is 9.87. The van der Waals surface area contributed by atoms with Crippen LogP contribution in [0.5, 0.6) is 5.75 Å². The van der Waals surface area contributed by atoms with E-state index >= 15 is 0 Å². The minimum Gasteiger partial charge on any atom is -0.505 e. The number of halogens is 2. The van der Waals surface area contributed by atoms with E-state index < -0.39 is 6.29 Å². The molecule has 134 valence electrons. The van der Waals surface area contributed by atoms with E-state index in [4.69, 9.17) is 41.3 Å². The van der Waals surface area contributed by atoms with Crippen molar-refractivity contribution in [1.82, 2.24) is 0 Å². The van der Waals surface area contributed by atoms with Crippen LogP contribution in [0, 0.1) is 0 Å². The molecular weight excluding hydrogens is 375 g/mol. The van der Waals surface area contributed by atoms with Crippen LogP contribution in [-0.2, 0) is 18.1 Å². The van der Waals surface area contributed by atoms with E-state index in [1.165, 1.54) is 7.11 Å². The normalized spacial score (nSPS) is 16.9. The van der Waals surface area contributed by atoms with Crippen molar-refractivity contribution < 1.29 is 23.2 Å². The Hall–Kier alpha value is -0.470. The fourth-order valence-electron chi connectivity index (χ4n) is 2.33. The molecule has 1 N–H and O–H groups in total. The SMILES string of the molecule is CCCCCC(OOC)C(=Cc1cc(Cl)c(O)c(Cl)c1)C1OSO1. The van der Waals surface area contributed by atoms with Gasteiger partial charge in [-0.25, -0.2) is 9.78 Å². The number of aromatic hydroxyl groups is 1. The summed E-state index contributed by atoms with van der Waals surface area (Å²) in [6.45, 7) is 2.14. The van der Waals surface area contributed by atoms with Crippen LogP contribution in [0.3, 0.4) is 0 Å². The zero-order valence-electron chi connectivity index (χ0n) is 13.5. The van der Waals surface area contributed by atoms with Gasteiger partial charge in [-0.3, -0.25) is 8.37 Å². The van der Waals surface area contributed by atoms with Crippen LogP contribution in [-0.4, -0.2) is 24.6 Å². The summed E-state index contributed by atoms with van der Waals surface area (Å²) in [5.41, 5.74) is 1.48. The van der Waals surface area contributed by atoms with Gasteiger partial charge in [0.1, 0.15) is 6.10 Å². The van der Waals surface area contributed by atoms with E-state index in [-0.39, 0.29) is 21.9 Å². The van der Waals surface area contributed by atoms with E-state index in [0.717, 1.165) is 43.6 Å². The van der Waals surface area contributed by atoms with E-state index in [1.807, 2.05) is 6.08 Å². The molecule has 1 aliphatic heterocycles. The molecule has 5 nitrogen and oxygen atoms in total. The first kappa shape index (κ1) is 19.8. The van der Waals surface area contributed by atoms with Crippen molar-refractivity contribution in [3.8, 4) is 5.75 Å². The van der Waals surface area contributed by atoms with Crippen LogP contribution in [0.1, 0.15) is 38.2 Å². The Bertz CT molecular complexity index is 555. The summed E-state index contributed by atoms with van der Waals surface area (Å²) in [5.74, 6) is -0.142. The van der Waals surface area contributed by atoms with Gasteiger partial charge < -0.3 is 5.11 Å². The van der Waals surface area contributed by atoms with Crippen LogP contribution in [0.4, 0.5) is 0 Å². The molecule has 0 aromatic heterocycles. The summed E-state index contributed by atoms with van der Waals surface area (Å²) in [5, 5.41) is 10.0. The second-order valence-corrected chi connectivity index (χ2v) is 6.65. The minimum absolute atomic E-state index is 0.142. The number of benzene rings is 1. The number of hydrogen-bond donors (Lipinski definition) is 1. The minimum atomic E-state index is -0.525. The van der Waals surface area contributed by atoms with Crippen LogP contribution >= 0.6 is 35.5 Å². The summed E-state index contributed by atoms with van der Waals surface area (Å²) in [6, 6.07) is 3.23. The Kier molecular flexibility index (Phi) is 8.16. The van der Waals surface area contributed by atoms with Gasteiger partial charge in [0.2, 0.25) is 6.29 Å². The monoisotopic (exact) mass is 394 g/mol. The Morgan fingerprint density at radius 2 is 2.00 bits per heavy atom. The Morgan fingerprint density at radius 3 is 2.50 bits per heavy atom. The van der Waals surface area contributed by atoms with Gasteiger partial charge >= 0.3 is 0 Å². The third kappa shape index (κ3) is 5.26. The van der Waals surface area contributed by atoms with E-state index in [0.29, 0.717) is 5.56 Å². The summed E-state index contributed by atoms with van der Waals surface area (Å²) < 4.78 is 10.7. The fourth-order valence-corrected chi connectivity index (χ4v) is 3.21. The lowest BCUT2D eigenvalue weighted by molar-refractivity contribution is -0.300. The molecule has 2 rings (SSSR count). The highest BCUT2D eigenvalue weighted by molar-refractivity contribution is 7.90. The van der Waals surface area contributed by atoms with Crippen molar-refractivity contribution >= 4 is 41.6 Å². The third-order valence-corrected chi connectivity index (χ3v) is 4.64. The van der Waals surface area contributed by atoms with Crippen LogP contribution in [0.2, 0.25) is 10.0 Å². The van der Waals surface area contributed by atoms with Crippen molar-refractivity contribution in [1.29, 1.82) is 0 Å². The Balaban J connectivity index is 2.28. The van der Waals surface area contributed by atoms with Crippen molar-refractivity contribution in [3.05, 3.63) is 33.3 Å². The van der Waals surface area contributed by atoms with Crippen LogP contribution < -0.4 is 0 Å². The highest BCUT2D eigenvalue weighted by Crippen LogP contribution is 2.37. The summed E-state index contributed by atoms with van der Waals surface area (Å²) >= 11 is 12.9. The summed E-state index contributed by atoms with van der Waals surface area (Å²) in [4.78, 5) is 10.3. The van der Waals surface area contributed by atoms with Crippen molar-refractivity contribution in [2.45, 2.75) is 45.0 Å². The van der Waals surface area contributed by atoms with E-state index in [2.05, 4.69) is 6.92 Å². The lowest BCUT2D eigenvalue weighted by atomic mass is 10.00. The maximum absolute atomic E-state index is 9.69. The van der Waals surface area contributed by atoms with Gasteiger partial charge in [0.25, 0.3) is 0 Å². The highest BCUT2D eigenvalue weighted by Gasteiger charge is 2.32. The van der Waals surface area contributed by atoms with Gasteiger partial charge in [-0.05, 0) is 30.2 Å². The average Bonchev–Trinajstić information content (AvgIpc) is 2.49. The lowest BCUT2D eigenvalue weighted by Gasteiger charge is -2.30. The van der Waals surface area contributed by atoms with Crippen molar-refractivity contribution in [2.24, 2.45) is 0 Å². The molecule has 0 aliphatic carbocycles. The van der Waals surface area contributed by atoms with Gasteiger partial charge in [0, 0.05) is 5.57 Å². The summed E-state index contributed by atoms with van der Waals surface area (Å²) in [6.07, 6.45) is 4.93. The molecule has 1 fully saturated rings. The molecular formula is C16H20Cl2O5S. The molecule has 0 saturated carbocycles. The van der Waals surface area contributed by atoms with E-state index in [1.54, 1.807) is 12.1 Å². The molecule has 0 radical (unpaired) electrons. The third-order valence-electron chi connectivity index (χ3n) is 3.55. The molecule has 1 saturated heterocycles. The molecule has 1 heterocycles. The molecule has 8 heteroatoms. The van der Waals surface area contributed by atoms with Crippen molar-refractivity contribution in [2.75, 3.05) is 7.11 Å². The maximum Gasteiger partial charge on any atom is 0.213 e. The van der Waals surface area contributed by atoms with Crippen LogP contribution in [0.25, 0.3) is 6.08 Å². The smallest absolute Gasteiger partial charge is 0.213 e. The van der Waals surface area contributed by atoms with Crippen molar-refractivity contribution in [3.63, 3.8) is 0 Å². The number of phenols is 1. The fraction of sp³-hybridized carbons (Fsp3) is 0.500. The zero-order valence-corrected chi connectivity index (χ0v) is 15.8. The Labute approximate surface area is 156 Å². The first-order valence-corrected chi connectivity index (χ1v) is 9.06. The van der Waals surface area contributed by atoms with Crippen LogP contribution in [0.15, 0.2) is 17.7 Å². The van der Waals surface area contributed by atoms with Gasteiger partial charge in [0.05, 0.1) is 17.2 Å². The van der Waals surface area contributed by atoms with Gasteiger partial charge in [-0.15, -0.1) is 0 Å². The number of phenolic OH excluding ortho intramolecular Hbond substituents is 1. The lowest BCUT2D eigenvalue weighted by Crippen LogP contribution is -2.31. The number of unbranched alkanes of at least 4 members (excludes halogenated alkanes) is 2. The predicted molar refractivity (Wildman–Crippen MR) is 95.7 cm³/mol. The molecule has 0 bridgehead atoms. The zero-order chi connectivity index (χ0) is 17.5. The second-order valence-electron chi connectivity index (χ2n) is 5.32. The van der Waals surface area contributed by atoms with Gasteiger partial charge in [-0.2, -0.15) is 0 Å². The highest BCUT2D eigenvalue weighted by atomic mass is 35.5. The molecule has 1 aliphatic rings. The molecule has 1 aromatic carbocycles. The molecule has 1 aromatic rings. The largest absolute Gasteiger partial charge is 0.505 e. The first-order chi connectivity index (χ1) is 11.6. The number of rotatable bonds is 9. The van der Waals surface area contributed by atoms with E-state index in [9.17, 15) is 5.11 Å². The molecule has 24 heavy (non-hydrogen) atoms. The molecule has 0 spiro atoms. The Morgan fingerprint density at radius 1 is 1.33 bits per heavy atom. The maximum atomic E-state index is 9.69. The molecule has 1 unspecified atom stereocenters. The average molecular weight is 395 g/mol. The van der Waals surface area contributed by atoms with Gasteiger partial charge in [0.15, 0.2) is 18.1 Å². The number of hydrogen-bond acceptors (Lipinski definition) is 6. The standard InChI is InChI=1S/C16H20Cl2O5S/c1-3-4-5-6-14(21-20-2)11(16-22-24-23-16)7-10-8-12(17)15(19)13(18)9-10/h7-9,14,16,19H,3-6H2,1-2H3. The topological polar surface area (TPSA) is 57.2 Å². The summed E-state index contributed by atoms with van der Waals surface area (Å²) in [7, 11) is 1.47. The van der Waals surface area contributed by atoms with Gasteiger partial charge in [-0.1, -0.05) is 49.4 Å². The first-order valence-electron chi connectivity index (χ1n) is 7.64. The predicted octanol–water partition coefficient (Wildman–Crippen LogP) is 5.55. The quantitative estimate of drug-likeness (QED) is 0.256. The molecule has 1 atom stereocenters.